The minimum absolute atomic E-state index is 0.955. The topological polar surface area (TPSA) is 21.6 Å². The summed E-state index contributed by atoms with van der Waals surface area (Å²) in [5, 5.41) is 0. The van der Waals surface area contributed by atoms with Gasteiger partial charge in [-0.05, 0) is 12.8 Å². The molecule has 0 fully saturated rings. The maximum atomic E-state index is 5.17. The van der Waals surface area contributed by atoms with Crippen molar-refractivity contribution < 1.29 is 4.74 Å². The Balaban J connectivity index is 2.32. The fraction of sp³-hybridized carbons (Fsp3) is 0.900. The van der Waals surface area contributed by atoms with E-state index in [1.165, 1.54) is 38.5 Å². The van der Waals surface area contributed by atoms with Crippen molar-refractivity contribution in [1.82, 2.24) is 0 Å². The van der Waals surface area contributed by atoms with Crippen LogP contribution in [0.2, 0.25) is 0 Å². The van der Waals surface area contributed by atoms with E-state index >= 15 is 0 Å². The summed E-state index contributed by atoms with van der Waals surface area (Å²) in [6.07, 6.45) is 8.95. The standard InChI is InChI=1S/C10H19NO/c1-12-10-8-6-4-2-3-5-7-9-11-10/h2-9H2,1H3. The highest BCUT2D eigenvalue weighted by Gasteiger charge is 2.00. The van der Waals surface area contributed by atoms with Gasteiger partial charge in [0.25, 0.3) is 0 Å². The molecule has 0 bridgehead atoms. The molecule has 0 amide bonds. The van der Waals surface area contributed by atoms with Crippen molar-refractivity contribution in [3.8, 4) is 0 Å². The van der Waals surface area contributed by atoms with Crippen LogP contribution in [0.5, 0.6) is 0 Å². The van der Waals surface area contributed by atoms with Crippen LogP contribution in [-0.4, -0.2) is 19.6 Å². The molecule has 0 saturated carbocycles. The van der Waals surface area contributed by atoms with Crippen LogP contribution >= 0.6 is 0 Å². The summed E-state index contributed by atoms with van der Waals surface area (Å²) in [5.41, 5.74) is 0. The third kappa shape index (κ3) is 3.74. The molecule has 0 N–H and O–H groups in total. The molecule has 0 unspecified atom stereocenters. The lowest BCUT2D eigenvalue weighted by atomic mass is 10.1. The smallest absolute Gasteiger partial charge is 0.182 e. The molecular weight excluding hydrogens is 150 g/mol. The van der Waals surface area contributed by atoms with E-state index in [2.05, 4.69) is 4.99 Å². The van der Waals surface area contributed by atoms with Crippen LogP contribution in [0.3, 0.4) is 0 Å². The molecule has 2 nitrogen and oxygen atoms in total. The first-order chi connectivity index (χ1) is 5.93. The Labute approximate surface area is 75.0 Å². The van der Waals surface area contributed by atoms with Crippen molar-refractivity contribution >= 4 is 5.90 Å². The summed E-state index contributed by atoms with van der Waals surface area (Å²) in [5.74, 6) is 0.955. The zero-order valence-corrected chi connectivity index (χ0v) is 8.01. The Morgan fingerprint density at radius 3 is 2.42 bits per heavy atom. The van der Waals surface area contributed by atoms with Gasteiger partial charge >= 0.3 is 0 Å². The lowest BCUT2D eigenvalue weighted by Crippen LogP contribution is -2.03. The van der Waals surface area contributed by atoms with Crippen molar-refractivity contribution in [1.29, 1.82) is 0 Å². The van der Waals surface area contributed by atoms with E-state index in [0.717, 1.165) is 18.9 Å². The Kier molecular flexibility index (Phi) is 4.81. The molecule has 1 aliphatic rings. The highest BCUT2D eigenvalue weighted by atomic mass is 16.5. The van der Waals surface area contributed by atoms with Crippen LogP contribution in [0, 0.1) is 0 Å². The van der Waals surface area contributed by atoms with Gasteiger partial charge in [0, 0.05) is 13.0 Å². The fourth-order valence-corrected chi connectivity index (χ4v) is 1.54. The van der Waals surface area contributed by atoms with E-state index < -0.39 is 0 Å². The molecule has 12 heavy (non-hydrogen) atoms. The molecule has 0 atom stereocenters. The Bertz CT molecular complexity index is 143. The SMILES string of the molecule is COC1=NCCCCCCCC1. The van der Waals surface area contributed by atoms with E-state index in [9.17, 15) is 0 Å². The van der Waals surface area contributed by atoms with Crippen LogP contribution in [-0.2, 0) is 4.74 Å². The van der Waals surface area contributed by atoms with Gasteiger partial charge in [0.15, 0.2) is 5.90 Å². The van der Waals surface area contributed by atoms with Crippen molar-refractivity contribution in [2.45, 2.75) is 44.9 Å². The molecule has 70 valence electrons. The summed E-state index contributed by atoms with van der Waals surface area (Å²) >= 11 is 0. The first-order valence-corrected chi connectivity index (χ1v) is 5.01. The van der Waals surface area contributed by atoms with E-state index in [4.69, 9.17) is 4.74 Å². The van der Waals surface area contributed by atoms with Gasteiger partial charge in [0.2, 0.25) is 0 Å². The molecular formula is C10H19NO. The predicted molar refractivity (Wildman–Crippen MR) is 51.6 cm³/mol. The van der Waals surface area contributed by atoms with E-state index in [0.29, 0.717) is 0 Å². The average Bonchev–Trinajstić information content (AvgIpc) is 2.14. The third-order valence-corrected chi connectivity index (χ3v) is 2.32. The van der Waals surface area contributed by atoms with Crippen LogP contribution in [0.4, 0.5) is 0 Å². The Morgan fingerprint density at radius 2 is 1.67 bits per heavy atom. The largest absolute Gasteiger partial charge is 0.484 e. The van der Waals surface area contributed by atoms with Gasteiger partial charge in [-0.1, -0.05) is 25.7 Å². The fourth-order valence-electron chi connectivity index (χ4n) is 1.54. The van der Waals surface area contributed by atoms with Crippen LogP contribution in [0.1, 0.15) is 44.9 Å². The molecule has 0 saturated heterocycles. The van der Waals surface area contributed by atoms with Gasteiger partial charge in [0.1, 0.15) is 0 Å². The monoisotopic (exact) mass is 169 g/mol. The van der Waals surface area contributed by atoms with Gasteiger partial charge < -0.3 is 4.74 Å². The molecule has 0 spiro atoms. The van der Waals surface area contributed by atoms with Crippen LogP contribution in [0.25, 0.3) is 0 Å². The second-order valence-electron chi connectivity index (χ2n) is 3.35. The van der Waals surface area contributed by atoms with Gasteiger partial charge in [-0.25, -0.2) is 0 Å². The predicted octanol–water partition coefficient (Wildman–Crippen LogP) is 2.78. The van der Waals surface area contributed by atoms with Gasteiger partial charge in [-0.3, -0.25) is 4.99 Å². The Morgan fingerprint density at radius 1 is 1.00 bits per heavy atom. The van der Waals surface area contributed by atoms with Crippen molar-refractivity contribution in [3.63, 3.8) is 0 Å². The first-order valence-electron chi connectivity index (χ1n) is 5.01. The molecule has 0 aromatic carbocycles. The number of rotatable bonds is 0. The molecule has 0 aliphatic carbocycles. The van der Waals surface area contributed by atoms with Crippen molar-refractivity contribution in [2.24, 2.45) is 4.99 Å². The normalized spacial score (nSPS) is 21.2. The van der Waals surface area contributed by atoms with Crippen molar-refractivity contribution in [2.75, 3.05) is 13.7 Å². The molecule has 0 radical (unpaired) electrons. The zero-order valence-electron chi connectivity index (χ0n) is 8.01. The van der Waals surface area contributed by atoms with Crippen LogP contribution < -0.4 is 0 Å². The molecule has 0 aromatic heterocycles. The van der Waals surface area contributed by atoms with Gasteiger partial charge in [0.05, 0.1) is 7.11 Å². The summed E-state index contributed by atoms with van der Waals surface area (Å²) in [7, 11) is 1.73. The zero-order chi connectivity index (χ0) is 8.65. The summed E-state index contributed by atoms with van der Waals surface area (Å²) in [6.45, 7) is 0.961. The maximum absolute atomic E-state index is 5.17. The third-order valence-electron chi connectivity index (χ3n) is 2.32. The highest BCUT2D eigenvalue weighted by molar-refractivity contribution is 5.75. The molecule has 0 aromatic rings. The summed E-state index contributed by atoms with van der Waals surface area (Å²) < 4.78 is 5.17. The number of hydrogen-bond acceptors (Lipinski definition) is 2. The van der Waals surface area contributed by atoms with Crippen LogP contribution in [0.15, 0.2) is 4.99 Å². The maximum Gasteiger partial charge on any atom is 0.182 e. The molecule has 2 heteroatoms. The lowest BCUT2D eigenvalue weighted by molar-refractivity contribution is 0.382. The highest BCUT2D eigenvalue weighted by Crippen LogP contribution is 2.10. The van der Waals surface area contributed by atoms with E-state index in [-0.39, 0.29) is 0 Å². The lowest BCUT2D eigenvalue weighted by Gasteiger charge is -2.07. The van der Waals surface area contributed by atoms with Gasteiger partial charge in [-0.15, -0.1) is 0 Å². The summed E-state index contributed by atoms with van der Waals surface area (Å²) in [4.78, 5) is 4.40. The van der Waals surface area contributed by atoms with E-state index in [1.54, 1.807) is 7.11 Å². The quantitative estimate of drug-likeness (QED) is 0.546. The van der Waals surface area contributed by atoms with Gasteiger partial charge in [-0.2, -0.15) is 0 Å². The number of nitrogens with zero attached hydrogens (tertiary/aromatic N) is 1. The van der Waals surface area contributed by atoms with Crippen molar-refractivity contribution in [3.05, 3.63) is 0 Å². The number of aliphatic imine (C=N–C) groups is 1. The van der Waals surface area contributed by atoms with E-state index in [1.807, 2.05) is 0 Å². The first kappa shape index (κ1) is 9.56. The number of methoxy groups -OCH3 is 1. The second kappa shape index (κ2) is 6.04. The molecule has 1 heterocycles. The molecule has 1 aliphatic heterocycles. The summed E-state index contributed by atoms with van der Waals surface area (Å²) in [6, 6.07) is 0. The minimum atomic E-state index is 0.955. The number of hydrogen-bond donors (Lipinski definition) is 0. The minimum Gasteiger partial charge on any atom is -0.484 e. The Hall–Kier alpha value is -0.530. The average molecular weight is 169 g/mol. The molecule has 1 rings (SSSR count). The number of ether oxygens (including phenoxy) is 1. The second-order valence-corrected chi connectivity index (χ2v) is 3.35.